The fourth-order valence-electron chi connectivity index (χ4n) is 2.45. The van der Waals surface area contributed by atoms with Crippen LogP contribution in [0.3, 0.4) is 0 Å². The smallest absolute Gasteiger partial charge is 0.412 e. The van der Waals surface area contributed by atoms with E-state index in [1.165, 1.54) is 30.8 Å². The summed E-state index contributed by atoms with van der Waals surface area (Å²) in [5, 5.41) is 20.8. The number of ether oxygens (including phenoxy) is 2. The third-order valence-electron chi connectivity index (χ3n) is 3.91. The zero-order chi connectivity index (χ0) is 21.2. The Kier molecular flexibility index (Phi) is 8.53. The number of thioether (sulfide) groups is 1. The second kappa shape index (κ2) is 11.1. The van der Waals surface area contributed by atoms with Crippen molar-refractivity contribution in [2.75, 3.05) is 18.7 Å². The Bertz CT molecular complexity index is 839. The summed E-state index contributed by atoms with van der Waals surface area (Å²) in [7, 11) is 1.39. The number of nitrogens with one attached hydrogen (secondary N) is 2. The summed E-state index contributed by atoms with van der Waals surface area (Å²) in [6.07, 6.45) is 1.89. The predicted molar refractivity (Wildman–Crippen MR) is 109 cm³/mol. The van der Waals surface area contributed by atoms with Gasteiger partial charge in [0.05, 0.1) is 0 Å². The maximum absolute atomic E-state index is 12.4. The van der Waals surface area contributed by atoms with Crippen molar-refractivity contribution in [1.29, 1.82) is 0 Å². The highest BCUT2D eigenvalue weighted by Crippen LogP contribution is 2.27. The van der Waals surface area contributed by atoms with E-state index in [9.17, 15) is 14.7 Å². The van der Waals surface area contributed by atoms with Crippen molar-refractivity contribution in [1.82, 2.24) is 5.48 Å². The molecule has 2 atom stereocenters. The molecule has 29 heavy (non-hydrogen) atoms. The molecule has 0 aliphatic rings. The molecule has 0 aromatic heterocycles. The molecule has 8 nitrogen and oxygen atoms in total. The summed E-state index contributed by atoms with van der Waals surface area (Å²) < 4.78 is 10.9. The zero-order valence-corrected chi connectivity index (χ0v) is 16.7. The standard InChI is InChI=1S/C20H22N2O6S/c1-27-17(11-12-18(24)22-26)19(13-3-7-15(23)8-4-13)28-20(25)21-14-5-9-16(29-2)10-6-14/h3-12,17,19,23,26H,1-2H3,(H,21,25)(H,22,24)/b12-11+/t17-,19-/m0/s1. The molecule has 2 aromatic rings. The summed E-state index contributed by atoms with van der Waals surface area (Å²) in [4.78, 5) is 24.8. The molecule has 2 aromatic carbocycles. The number of carbonyl (C=O) groups is 2. The number of carbonyl (C=O) groups excluding carboxylic acids is 2. The molecule has 0 fully saturated rings. The van der Waals surface area contributed by atoms with Crippen LogP contribution in [0.5, 0.6) is 5.75 Å². The molecule has 2 amide bonds. The van der Waals surface area contributed by atoms with E-state index in [0.717, 1.165) is 11.0 Å². The summed E-state index contributed by atoms with van der Waals surface area (Å²) in [6, 6.07) is 13.3. The topological polar surface area (TPSA) is 117 Å². The Morgan fingerprint density at radius 1 is 1.10 bits per heavy atom. The number of rotatable bonds is 8. The van der Waals surface area contributed by atoms with E-state index in [2.05, 4.69) is 5.32 Å². The monoisotopic (exact) mass is 418 g/mol. The molecule has 2 rings (SSSR count). The van der Waals surface area contributed by atoms with Crippen molar-refractivity contribution >= 4 is 29.4 Å². The summed E-state index contributed by atoms with van der Waals surface area (Å²) >= 11 is 1.58. The van der Waals surface area contributed by atoms with Crippen LogP contribution in [-0.4, -0.2) is 41.8 Å². The molecular formula is C20H22N2O6S. The zero-order valence-electron chi connectivity index (χ0n) is 15.9. The number of hydroxylamine groups is 1. The Labute approximate surface area is 172 Å². The fourth-order valence-corrected chi connectivity index (χ4v) is 2.86. The number of aromatic hydroxyl groups is 1. The van der Waals surface area contributed by atoms with Crippen LogP contribution in [0.25, 0.3) is 0 Å². The van der Waals surface area contributed by atoms with Gasteiger partial charge in [-0.1, -0.05) is 12.1 Å². The van der Waals surface area contributed by atoms with Crippen molar-refractivity contribution in [3.63, 3.8) is 0 Å². The van der Waals surface area contributed by atoms with E-state index >= 15 is 0 Å². The minimum atomic E-state index is -0.922. The minimum Gasteiger partial charge on any atom is -0.508 e. The first kappa shape index (κ1) is 22.3. The van der Waals surface area contributed by atoms with Crippen LogP contribution in [0.15, 0.2) is 65.6 Å². The van der Waals surface area contributed by atoms with E-state index in [4.69, 9.17) is 14.7 Å². The van der Waals surface area contributed by atoms with Crippen molar-refractivity contribution in [3.8, 4) is 5.75 Å². The number of amides is 2. The number of methoxy groups -OCH3 is 1. The first-order valence-electron chi connectivity index (χ1n) is 8.52. The van der Waals surface area contributed by atoms with Gasteiger partial charge in [-0.3, -0.25) is 15.3 Å². The van der Waals surface area contributed by atoms with Gasteiger partial charge in [-0.2, -0.15) is 0 Å². The normalized spacial score (nSPS) is 12.9. The number of anilines is 1. The SMILES string of the molecule is CO[C@@H](/C=C/C(=O)NO)[C@@H](OC(=O)Nc1ccc(SC)cc1)c1ccc(O)cc1. The number of benzene rings is 2. The molecule has 9 heteroatoms. The van der Waals surface area contributed by atoms with Crippen LogP contribution >= 0.6 is 11.8 Å². The number of hydrogen-bond donors (Lipinski definition) is 4. The van der Waals surface area contributed by atoms with Gasteiger partial charge >= 0.3 is 6.09 Å². The van der Waals surface area contributed by atoms with E-state index in [1.807, 2.05) is 18.4 Å². The summed E-state index contributed by atoms with van der Waals surface area (Å²) in [5.74, 6) is -0.704. The number of phenols is 1. The van der Waals surface area contributed by atoms with Crippen molar-refractivity contribution < 1.29 is 29.4 Å². The molecule has 4 N–H and O–H groups in total. The second-order valence-electron chi connectivity index (χ2n) is 5.81. The maximum Gasteiger partial charge on any atom is 0.412 e. The second-order valence-corrected chi connectivity index (χ2v) is 6.69. The third kappa shape index (κ3) is 6.83. The van der Waals surface area contributed by atoms with Gasteiger partial charge in [0.25, 0.3) is 5.91 Å². The lowest BCUT2D eigenvalue weighted by molar-refractivity contribution is -0.124. The van der Waals surface area contributed by atoms with Gasteiger partial charge in [0.15, 0.2) is 6.10 Å². The number of hydrogen-bond acceptors (Lipinski definition) is 7. The van der Waals surface area contributed by atoms with Gasteiger partial charge in [-0.15, -0.1) is 11.8 Å². The Balaban J connectivity index is 2.21. The molecule has 0 radical (unpaired) electrons. The van der Waals surface area contributed by atoms with Crippen LogP contribution in [0.2, 0.25) is 0 Å². The van der Waals surface area contributed by atoms with Crippen molar-refractivity contribution in [2.24, 2.45) is 0 Å². The highest BCUT2D eigenvalue weighted by atomic mass is 32.2. The fraction of sp³-hybridized carbons (Fsp3) is 0.200. The molecular weight excluding hydrogens is 396 g/mol. The average Bonchev–Trinajstić information content (AvgIpc) is 2.74. The van der Waals surface area contributed by atoms with Crippen LogP contribution in [-0.2, 0) is 14.3 Å². The number of phenolic OH excluding ortho intramolecular Hbond substituents is 1. The largest absolute Gasteiger partial charge is 0.508 e. The van der Waals surface area contributed by atoms with Crippen molar-refractivity contribution in [3.05, 3.63) is 66.2 Å². The van der Waals surface area contributed by atoms with Crippen LogP contribution in [0.4, 0.5) is 10.5 Å². The molecule has 0 spiro atoms. The Morgan fingerprint density at radius 2 is 1.76 bits per heavy atom. The highest BCUT2D eigenvalue weighted by molar-refractivity contribution is 7.98. The molecule has 0 unspecified atom stereocenters. The predicted octanol–water partition coefficient (Wildman–Crippen LogP) is 3.48. The average molecular weight is 418 g/mol. The molecule has 0 aliphatic carbocycles. The minimum absolute atomic E-state index is 0.0509. The van der Waals surface area contributed by atoms with Gasteiger partial charge in [-0.25, -0.2) is 10.3 Å². The van der Waals surface area contributed by atoms with Crippen molar-refractivity contribution in [2.45, 2.75) is 17.1 Å². The van der Waals surface area contributed by atoms with Gasteiger partial charge in [0.1, 0.15) is 11.9 Å². The summed E-state index contributed by atoms with van der Waals surface area (Å²) in [6.45, 7) is 0. The first-order chi connectivity index (χ1) is 14.0. The van der Waals surface area contributed by atoms with Crippen LogP contribution in [0, 0.1) is 0 Å². The Morgan fingerprint density at radius 3 is 2.31 bits per heavy atom. The first-order valence-corrected chi connectivity index (χ1v) is 9.75. The lowest BCUT2D eigenvalue weighted by Crippen LogP contribution is -2.27. The van der Waals surface area contributed by atoms with Gasteiger partial charge in [0, 0.05) is 23.8 Å². The highest BCUT2D eigenvalue weighted by Gasteiger charge is 2.26. The van der Waals surface area contributed by atoms with Gasteiger partial charge in [-0.05, 0) is 54.3 Å². The molecule has 0 bridgehead atoms. The summed E-state index contributed by atoms with van der Waals surface area (Å²) in [5.41, 5.74) is 2.57. The van der Waals surface area contributed by atoms with E-state index in [1.54, 1.807) is 36.0 Å². The third-order valence-corrected chi connectivity index (χ3v) is 4.65. The molecule has 0 heterocycles. The molecule has 0 saturated carbocycles. The van der Waals surface area contributed by atoms with E-state index < -0.39 is 24.2 Å². The van der Waals surface area contributed by atoms with Crippen LogP contribution < -0.4 is 10.8 Å². The maximum atomic E-state index is 12.4. The lowest BCUT2D eigenvalue weighted by Gasteiger charge is -2.24. The molecule has 0 aliphatic heterocycles. The quantitative estimate of drug-likeness (QED) is 0.224. The lowest BCUT2D eigenvalue weighted by atomic mass is 10.0. The molecule has 154 valence electrons. The van der Waals surface area contributed by atoms with E-state index in [0.29, 0.717) is 11.3 Å². The molecule has 0 saturated heterocycles. The van der Waals surface area contributed by atoms with E-state index in [-0.39, 0.29) is 5.75 Å². The van der Waals surface area contributed by atoms with Gasteiger partial charge < -0.3 is 14.6 Å². The van der Waals surface area contributed by atoms with Gasteiger partial charge in [0.2, 0.25) is 0 Å². The Hall–Kier alpha value is -3.01. The van der Waals surface area contributed by atoms with Crippen LogP contribution in [0.1, 0.15) is 11.7 Å².